The van der Waals surface area contributed by atoms with Crippen molar-refractivity contribution in [2.75, 3.05) is 24.7 Å². The maximum atomic E-state index is 13.2. The smallest absolute Gasteiger partial charge is 0.438 e. The summed E-state index contributed by atoms with van der Waals surface area (Å²) < 4.78 is 18.4. The molecule has 1 saturated carbocycles. The molecular formula is C25H29N3O5S. The van der Waals surface area contributed by atoms with E-state index in [1.807, 2.05) is 24.8 Å². The number of fused-ring (bicyclic) bond motifs is 2. The topological polar surface area (TPSA) is 99.3 Å². The molecule has 6 rings (SSSR count). The summed E-state index contributed by atoms with van der Waals surface area (Å²) in [5.41, 5.74) is 1.94. The normalized spacial score (nSPS) is 29.8. The van der Waals surface area contributed by atoms with Crippen molar-refractivity contribution in [2.45, 2.75) is 50.7 Å². The number of hydrogen-bond acceptors (Lipinski definition) is 7. The number of aromatic nitrogens is 3. The van der Waals surface area contributed by atoms with Crippen LogP contribution < -0.4 is 5.76 Å². The zero-order valence-corrected chi connectivity index (χ0v) is 20.4. The lowest BCUT2D eigenvalue weighted by molar-refractivity contribution is -0.0592. The van der Waals surface area contributed by atoms with Crippen LogP contribution in [0.1, 0.15) is 61.4 Å². The fourth-order valence-electron chi connectivity index (χ4n) is 6.28. The van der Waals surface area contributed by atoms with E-state index in [1.54, 1.807) is 0 Å². The summed E-state index contributed by atoms with van der Waals surface area (Å²) in [5, 5.41) is 5.10. The number of thioether (sulfide) groups is 1. The Bertz CT molecular complexity index is 1310. The standard InChI is InChI=1S/C25H29N3O5S/c1-4-31-21(29)20-10-16-9-14(15-7-8-32-24(2,3)11-15)5-6-19(16)28(20)25(17-12-34-13-18(17)25)22-26-23(30)33-27-22/h5-6,9-10,15,17-18H,4,7-8,11-13H2,1-3H3,(H,26,27,30)/t15-,17?,18?,25?/m0/s1. The fraction of sp³-hybridized carbons (Fsp3) is 0.560. The van der Waals surface area contributed by atoms with Crippen LogP contribution in [-0.2, 0) is 15.0 Å². The van der Waals surface area contributed by atoms with Crippen LogP contribution in [0.2, 0.25) is 0 Å². The molecule has 2 saturated heterocycles. The van der Waals surface area contributed by atoms with Gasteiger partial charge in [0.2, 0.25) is 0 Å². The summed E-state index contributed by atoms with van der Waals surface area (Å²) in [5.74, 6) is 2.36. The van der Waals surface area contributed by atoms with Crippen LogP contribution >= 0.6 is 11.8 Å². The van der Waals surface area contributed by atoms with Crippen LogP contribution in [-0.4, -0.2) is 51.0 Å². The number of nitrogens with one attached hydrogen (secondary N) is 1. The molecule has 2 aromatic heterocycles. The van der Waals surface area contributed by atoms with Gasteiger partial charge in [-0.2, -0.15) is 11.8 Å². The van der Waals surface area contributed by atoms with E-state index >= 15 is 0 Å². The number of carbonyl (C=O) groups excluding carboxylic acids is 1. The lowest BCUT2D eigenvalue weighted by Gasteiger charge is -2.35. The van der Waals surface area contributed by atoms with Gasteiger partial charge in [-0.15, -0.1) is 0 Å². The van der Waals surface area contributed by atoms with Gasteiger partial charge in [0.1, 0.15) is 11.2 Å². The first-order valence-corrected chi connectivity index (χ1v) is 13.1. The van der Waals surface area contributed by atoms with Gasteiger partial charge in [-0.3, -0.25) is 9.51 Å². The first-order valence-electron chi connectivity index (χ1n) is 12.0. The molecule has 1 aromatic carbocycles. The third-order valence-electron chi connectivity index (χ3n) is 7.77. The fourth-order valence-corrected chi connectivity index (χ4v) is 7.90. The summed E-state index contributed by atoms with van der Waals surface area (Å²) in [6.45, 7) is 7.12. The van der Waals surface area contributed by atoms with Gasteiger partial charge in [0.15, 0.2) is 5.82 Å². The Balaban J connectivity index is 1.52. The van der Waals surface area contributed by atoms with Crippen LogP contribution in [0, 0.1) is 11.8 Å². The van der Waals surface area contributed by atoms with Gasteiger partial charge in [-0.25, -0.2) is 9.59 Å². The van der Waals surface area contributed by atoms with E-state index in [9.17, 15) is 9.59 Å². The van der Waals surface area contributed by atoms with E-state index in [4.69, 9.17) is 14.0 Å². The third-order valence-corrected chi connectivity index (χ3v) is 8.96. The minimum absolute atomic E-state index is 0.147. The number of ether oxygens (including phenoxy) is 2. The van der Waals surface area contributed by atoms with Gasteiger partial charge in [0.05, 0.1) is 12.2 Å². The van der Waals surface area contributed by atoms with Gasteiger partial charge < -0.3 is 14.0 Å². The summed E-state index contributed by atoms with van der Waals surface area (Å²) >= 11 is 1.89. The number of rotatable bonds is 5. The highest BCUT2D eigenvalue weighted by Crippen LogP contribution is 2.66. The third kappa shape index (κ3) is 3.20. The van der Waals surface area contributed by atoms with Crippen LogP contribution in [0.3, 0.4) is 0 Å². The molecule has 3 atom stereocenters. The molecule has 4 heterocycles. The van der Waals surface area contributed by atoms with Gasteiger partial charge in [-0.05, 0) is 74.8 Å². The lowest BCUT2D eigenvalue weighted by atomic mass is 9.83. The van der Waals surface area contributed by atoms with Crippen LogP contribution in [0.5, 0.6) is 0 Å². The minimum atomic E-state index is -0.608. The molecule has 180 valence electrons. The highest BCUT2D eigenvalue weighted by molar-refractivity contribution is 7.99. The summed E-state index contributed by atoms with van der Waals surface area (Å²) in [7, 11) is 0. The van der Waals surface area contributed by atoms with E-state index in [2.05, 4.69) is 46.8 Å². The van der Waals surface area contributed by atoms with Crippen LogP contribution in [0.4, 0.5) is 0 Å². The second kappa shape index (κ2) is 7.75. The lowest BCUT2D eigenvalue weighted by Crippen LogP contribution is -2.33. The van der Waals surface area contributed by atoms with Crippen molar-refractivity contribution < 1.29 is 18.8 Å². The van der Waals surface area contributed by atoms with E-state index < -0.39 is 11.3 Å². The van der Waals surface area contributed by atoms with Crippen LogP contribution in [0.15, 0.2) is 33.6 Å². The van der Waals surface area contributed by atoms with E-state index in [0.29, 0.717) is 24.0 Å². The monoisotopic (exact) mass is 483 g/mol. The number of hydrogen-bond donors (Lipinski definition) is 1. The molecule has 3 aromatic rings. The zero-order valence-electron chi connectivity index (χ0n) is 19.6. The van der Waals surface area contributed by atoms with Gasteiger partial charge in [0, 0.05) is 29.3 Å². The quantitative estimate of drug-likeness (QED) is 0.550. The second-order valence-electron chi connectivity index (χ2n) is 10.2. The summed E-state index contributed by atoms with van der Waals surface area (Å²) in [4.78, 5) is 27.9. The molecule has 9 heteroatoms. The van der Waals surface area contributed by atoms with Crippen molar-refractivity contribution in [3.05, 3.63) is 51.9 Å². The van der Waals surface area contributed by atoms with Crippen molar-refractivity contribution >= 4 is 28.6 Å². The predicted molar refractivity (Wildman–Crippen MR) is 128 cm³/mol. The SMILES string of the molecule is CCOC(=O)c1cc2cc([C@H]3CCOC(C)(C)C3)ccc2n1C1(c2noc(=O)[nH]2)C2CSCC21. The van der Waals surface area contributed by atoms with Crippen molar-refractivity contribution in [2.24, 2.45) is 11.8 Å². The Morgan fingerprint density at radius 2 is 2.09 bits per heavy atom. The molecule has 3 fully saturated rings. The number of benzene rings is 1. The molecule has 3 aliphatic rings. The molecule has 34 heavy (non-hydrogen) atoms. The van der Waals surface area contributed by atoms with Crippen molar-refractivity contribution in [3.8, 4) is 0 Å². The molecule has 0 spiro atoms. The average Bonchev–Trinajstić information content (AvgIpc) is 3.29. The second-order valence-corrected chi connectivity index (χ2v) is 11.3. The predicted octanol–water partition coefficient (Wildman–Crippen LogP) is 3.90. The van der Waals surface area contributed by atoms with Gasteiger partial charge in [-0.1, -0.05) is 11.2 Å². The summed E-state index contributed by atoms with van der Waals surface area (Å²) in [6, 6.07) is 8.41. The van der Waals surface area contributed by atoms with Gasteiger partial charge in [0.25, 0.3) is 0 Å². The van der Waals surface area contributed by atoms with E-state index in [-0.39, 0.29) is 23.4 Å². The molecule has 2 aliphatic heterocycles. The number of nitrogens with zero attached hydrogens (tertiary/aromatic N) is 2. The number of aromatic amines is 1. The zero-order chi connectivity index (χ0) is 23.7. The Hall–Kier alpha value is -2.52. The molecular weight excluding hydrogens is 454 g/mol. The van der Waals surface area contributed by atoms with Crippen molar-refractivity contribution in [1.82, 2.24) is 14.7 Å². The Labute approximate surface area is 201 Å². The molecule has 8 nitrogen and oxygen atoms in total. The molecule has 1 aliphatic carbocycles. The number of H-pyrrole nitrogens is 1. The maximum absolute atomic E-state index is 13.2. The molecule has 2 unspecified atom stereocenters. The largest absolute Gasteiger partial charge is 0.461 e. The van der Waals surface area contributed by atoms with E-state index in [0.717, 1.165) is 41.9 Å². The van der Waals surface area contributed by atoms with Crippen molar-refractivity contribution in [1.29, 1.82) is 0 Å². The van der Waals surface area contributed by atoms with Crippen LogP contribution in [0.25, 0.3) is 10.9 Å². The maximum Gasteiger partial charge on any atom is 0.438 e. The van der Waals surface area contributed by atoms with Gasteiger partial charge >= 0.3 is 11.7 Å². The number of carbonyl (C=O) groups is 1. The molecule has 0 radical (unpaired) electrons. The highest BCUT2D eigenvalue weighted by atomic mass is 32.2. The Kier molecular flexibility index (Phi) is 5.01. The first kappa shape index (κ1) is 22.0. The average molecular weight is 484 g/mol. The van der Waals surface area contributed by atoms with Crippen molar-refractivity contribution in [3.63, 3.8) is 0 Å². The number of esters is 1. The molecule has 1 N–H and O–H groups in total. The minimum Gasteiger partial charge on any atom is -0.461 e. The highest BCUT2D eigenvalue weighted by Gasteiger charge is 2.72. The molecule has 0 bridgehead atoms. The molecule has 0 amide bonds. The Morgan fingerprint density at radius 3 is 2.76 bits per heavy atom. The first-order chi connectivity index (χ1) is 16.3. The Morgan fingerprint density at radius 1 is 1.29 bits per heavy atom. The van der Waals surface area contributed by atoms with E-state index in [1.165, 1.54) is 5.56 Å². The summed E-state index contributed by atoms with van der Waals surface area (Å²) in [6.07, 6.45) is 1.93.